The van der Waals surface area contributed by atoms with Crippen molar-refractivity contribution in [1.29, 1.82) is 0 Å². The largest absolute Gasteiger partial charge is 0.478 e. The number of anilines is 1. The van der Waals surface area contributed by atoms with Crippen molar-refractivity contribution in [2.24, 2.45) is 11.8 Å². The molecule has 3 N–H and O–H groups in total. The van der Waals surface area contributed by atoms with Gasteiger partial charge in [-0.25, -0.2) is 14.6 Å². The van der Waals surface area contributed by atoms with E-state index < -0.39 is 17.5 Å². The molecule has 0 radical (unpaired) electrons. The van der Waals surface area contributed by atoms with Gasteiger partial charge in [0.25, 0.3) is 5.91 Å². The molecule has 39 heavy (non-hydrogen) atoms. The fourth-order valence-corrected chi connectivity index (χ4v) is 6.38. The molecule has 3 atom stereocenters. The lowest BCUT2D eigenvalue weighted by Crippen LogP contribution is -2.34. The number of nitrogens with one attached hydrogen (secondary N) is 2. The summed E-state index contributed by atoms with van der Waals surface area (Å²) in [4.78, 5) is 47.8. The van der Waals surface area contributed by atoms with Crippen LogP contribution < -0.4 is 10.2 Å². The molecular formula is C27H28Cl2N4O5S. The van der Waals surface area contributed by atoms with E-state index >= 15 is 0 Å². The first-order valence-corrected chi connectivity index (χ1v) is 14.0. The van der Waals surface area contributed by atoms with Gasteiger partial charge in [0, 0.05) is 43.1 Å². The molecule has 0 spiro atoms. The van der Waals surface area contributed by atoms with Crippen LogP contribution in [0.5, 0.6) is 0 Å². The number of aromatic amines is 1. The fourth-order valence-electron chi connectivity index (χ4n) is 4.99. The Bertz CT molecular complexity index is 1470. The Hall–Kier alpha value is -3.08. The summed E-state index contributed by atoms with van der Waals surface area (Å²) in [5, 5.41) is 13.9. The number of H-pyrrole nitrogens is 1. The highest BCUT2D eigenvalue weighted by Crippen LogP contribution is 2.48. The van der Waals surface area contributed by atoms with Crippen LogP contribution in [0.2, 0.25) is 10.0 Å². The molecule has 2 aliphatic rings. The number of rotatable bonds is 7. The molecule has 1 aliphatic heterocycles. The Kier molecular flexibility index (Phi) is 7.15. The van der Waals surface area contributed by atoms with Crippen molar-refractivity contribution < 1.29 is 24.2 Å². The molecule has 1 aromatic carbocycles. The van der Waals surface area contributed by atoms with Gasteiger partial charge in [0.2, 0.25) is 0 Å². The van der Waals surface area contributed by atoms with E-state index in [2.05, 4.69) is 15.2 Å². The van der Waals surface area contributed by atoms with Gasteiger partial charge in [0.05, 0.1) is 21.3 Å². The number of hydrogen-bond acceptors (Lipinski definition) is 7. The maximum Gasteiger partial charge on any atom is 0.350 e. The molecule has 0 unspecified atom stereocenters. The number of aryl methyl sites for hydroxylation is 1. The number of nitrogens with zero attached hydrogens (tertiary/aromatic N) is 2. The highest BCUT2D eigenvalue weighted by molar-refractivity contribution is 7.17. The predicted molar refractivity (Wildman–Crippen MR) is 149 cm³/mol. The van der Waals surface area contributed by atoms with Crippen molar-refractivity contribution in [3.63, 3.8) is 0 Å². The van der Waals surface area contributed by atoms with Crippen LogP contribution in [0.15, 0.2) is 24.3 Å². The number of aromatic nitrogens is 2. The van der Waals surface area contributed by atoms with Gasteiger partial charge >= 0.3 is 11.9 Å². The second-order valence-corrected chi connectivity index (χ2v) is 12.6. The van der Waals surface area contributed by atoms with E-state index in [0.717, 1.165) is 0 Å². The zero-order valence-corrected chi connectivity index (χ0v) is 24.1. The maximum atomic E-state index is 13.1. The standard InChI is InChI=1S/C27H28Cl2N4O5S/c1-12-18(28)19(29)21(30-12)23(34)32-20-15-10-33(11-16(15)20)26-31-17(22(39-26)25(37)38-27(2,3)4)9-13-7-5-6-8-14(13)24(35)36/h5-8,15-16,20,30H,9-11H2,1-4H3,(H,32,34)(H,35,36)/t15-,16+,20+. The highest BCUT2D eigenvalue weighted by atomic mass is 35.5. The number of hydrogen-bond donors (Lipinski definition) is 3. The van der Waals surface area contributed by atoms with Gasteiger partial charge in [-0.05, 0) is 39.3 Å². The maximum absolute atomic E-state index is 13.1. The van der Waals surface area contributed by atoms with Crippen LogP contribution in [0.25, 0.3) is 0 Å². The van der Waals surface area contributed by atoms with E-state index in [4.69, 9.17) is 32.9 Å². The van der Waals surface area contributed by atoms with Gasteiger partial charge in [-0.2, -0.15) is 0 Å². The molecule has 9 nitrogen and oxygen atoms in total. The lowest BCUT2D eigenvalue weighted by Gasteiger charge is -2.19. The second-order valence-electron chi connectivity index (χ2n) is 10.9. The molecule has 206 valence electrons. The lowest BCUT2D eigenvalue weighted by atomic mass is 10.0. The summed E-state index contributed by atoms with van der Waals surface area (Å²) in [5.41, 5.74) is 1.42. The number of fused-ring (bicyclic) bond motifs is 1. The predicted octanol–water partition coefficient (Wildman–Crippen LogP) is 5.20. The number of ether oxygens (including phenoxy) is 1. The summed E-state index contributed by atoms with van der Waals surface area (Å²) in [5.74, 6) is -1.33. The minimum atomic E-state index is -1.04. The molecule has 3 heterocycles. The number of carboxylic acid groups (broad SMARTS) is 1. The Morgan fingerprint density at radius 3 is 2.44 bits per heavy atom. The number of carbonyl (C=O) groups is 3. The number of carboxylic acids is 1. The van der Waals surface area contributed by atoms with Crippen LogP contribution in [0.1, 0.15) is 68.2 Å². The van der Waals surface area contributed by atoms with Gasteiger partial charge in [-0.1, -0.05) is 52.7 Å². The van der Waals surface area contributed by atoms with Gasteiger partial charge in [0.15, 0.2) is 5.13 Å². The second kappa shape index (κ2) is 10.1. The first-order chi connectivity index (χ1) is 18.3. The molecule has 1 amide bonds. The van der Waals surface area contributed by atoms with E-state index in [-0.39, 0.29) is 46.5 Å². The van der Waals surface area contributed by atoms with Crippen LogP contribution in [0, 0.1) is 18.8 Å². The van der Waals surface area contributed by atoms with E-state index in [1.165, 1.54) is 17.4 Å². The topological polar surface area (TPSA) is 125 Å². The molecule has 0 bridgehead atoms. The number of carbonyl (C=O) groups excluding carboxylic acids is 2. The molecule has 5 rings (SSSR count). The minimum Gasteiger partial charge on any atom is -0.478 e. The minimum absolute atomic E-state index is 0.0133. The number of halogens is 2. The van der Waals surface area contributed by atoms with Crippen LogP contribution >= 0.6 is 34.5 Å². The number of thiazole rings is 1. The Labute approximate surface area is 239 Å². The molecule has 1 saturated carbocycles. The Morgan fingerprint density at radius 1 is 1.18 bits per heavy atom. The first-order valence-electron chi connectivity index (χ1n) is 12.5. The van der Waals surface area contributed by atoms with Crippen LogP contribution in [0.4, 0.5) is 5.13 Å². The molecule has 2 fully saturated rings. The normalized spacial score (nSPS) is 20.1. The molecule has 2 aromatic heterocycles. The van der Waals surface area contributed by atoms with Crippen molar-refractivity contribution in [2.75, 3.05) is 18.0 Å². The lowest BCUT2D eigenvalue weighted by molar-refractivity contribution is 0.00736. The van der Waals surface area contributed by atoms with Gasteiger partial charge < -0.3 is 25.0 Å². The zero-order valence-electron chi connectivity index (χ0n) is 21.8. The monoisotopic (exact) mass is 590 g/mol. The fraction of sp³-hybridized carbons (Fsp3) is 0.407. The van der Waals surface area contributed by atoms with E-state index in [9.17, 15) is 19.5 Å². The number of aromatic carboxylic acids is 1. The quantitative estimate of drug-likeness (QED) is 0.323. The van der Waals surface area contributed by atoms with Gasteiger partial charge in [-0.15, -0.1) is 0 Å². The summed E-state index contributed by atoms with van der Waals surface area (Å²) in [6, 6.07) is 6.71. The summed E-state index contributed by atoms with van der Waals surface area (Å²) < 4.78 is 5.63. The van der Waals surface area contributed by atoms with E-state index in [1.807, 2.05) is 0 Å². The van der Waals surface area contributed by atoms with Crippen molar-refractivity contribution in [3.05, 3.63) is 67.4 Å². The van der Waals surface area contributed by atoms with Gasteiger partial charge in [0.1, 0.15) is 16.2 Å². The SMILES string of the molecule is Cc1[nH]c(C(=O)N[C@H]2[C@@H]3CN(c4nc(Cc5ccccc5C(=O)O)c(C(=O)OC(C)(C)C)s4)C[C@@H]32)c(Cl)c1Cl. The summed E-state index contributed by atoms with van der Waals surface area (Å²) in [6.07, 6.45) is 0.186. The average molecular weight is 592 g/mol. The Balaban J connectivity index is 1.32. The molecule has 1 saturated heterocycles. The van der Waals surface area contributed by atoms with E-state index in [0.29, 0.717) is 45.1 Å². The van der Waals surface area contributed by atoms with Crippen molar-refractivity contribution in [1.82, 2.24) is 15.3 Å². The van der Waals surface area contributed by atoms with Crippen LogP contribution in [0.3, 0.4) is 0 Å². The number of amides is 1. The highest BCUT2D eigenvalue weighted by Gasteiger charge is 2.57. The summed E-state index contributed by atoms with van der Waals surface area (Å²) >= 11 is 13.6. The smallest absolute Gasteiger partial charge is 0.350 e. The summed E-state index contributed by atoms with van der Waals surface area (Å²) in [7, 11) is 0. The van der Waals surface area contributed by atoms with E-state index in [1.54, 1.807) is 45.9 Å². The van der Waals surface area contributed by atoms with Gasteiger partial charge in [-0.3, -0.25) is 4.79 Å². The van der Waals surface area contributed by atoms with Crippen molar-refractivity contribution in [3.8, 4) is 0 Å². The molecule has 3 aromatic rings. The third-order valence-electron chi connectivity index (χ3n) is 6.92. The summed E-state index contributed by atoms with van der Waals surface area (Å²) in [6.45, 7) is 8.47. The molecule has 12 heteroatoms. The third kappa shape index (κ3) is 5.50. The first kappa shape index (κ1) is 27.5. The number of esters is 1. The van der Waals surface area contributed by atoms with Crippen molar-refractivity contribution in [2.45, 2.75) is 45.8 Å². The Morgan fingerprint density at radius 2 is 1.85 bits per heavy atom. The number of piperidine rings is 1. The van der Waals surface area contributed by atoms with Crippen LogP contribution in [-0.2, 0) is 11.2 Å². The van der Waals surface area contributed by atoms with Crippen LogP contribution in [-0.4, -0.2) is 57.7 Å². The average Bonchev–Trinajstić information content (AvgIpc) is 3.21. The molecular weight excluding hydrogens is 563 g/mol. The number of benzene rings is 1. The zero-order chi connectivity index (χ0) is 28.2. The third-order valence-corrected chi connectivity index (χ3v) is 9.00. The van der Waals surface area contributed by atoms with Crippen molar-refractivity contribution >= 4 is 57.5 Å². The molecule has 1 aliphatic carbocycles.